The Morgan fingerprint density at radius 1 is 1.23 bits per heavy atom. The molecule has 3 rings (SSSR count). The number of nitrogens with zero attached hydrogens (tertiary/aromatic N) is 3. The quantitative estimate of drug-likeness (QED) is 0.798. The summed E-state index contributed by atoms with van der Waals surface area (Å²) in [5.74, 6) is 0.220. The van der Waals surface area contributed by atoms with Crippen LogP contribution in [0.3, 0.4) is 0 Å². The Labute approximate surface area is 127 Å². The fraction of sp³-hybridized carbons (Fsp3) is 0.0625. The molecule has 0 radical (unpaired) electrons. The van der Waals surface area contributed by atoms with Gasteiger partial charge < -0.3 is 10.5 Å². The fourth-order valence-corrected chi connectivity index (χ4v) is 2.19. The zero-order valence-corrected chi connectivity index (χ0v) is 11.9. The van der Waals surface area contributed by atoms with Gasteiger partial charge >= 0.3 is 0 Å². The summed E-state index contributed by atoms with van der Waals surface area (Å²) >= 11 is 0. The molecule has 0 unspecified atom stereocenters. The van der Waals surface area contributed by atoms with Crippen molar-refractivity contribution < 1.29 is 9.53 Å². The van der Waals surface area contributed by atoms with E-state index < -0.39 is 5.91 Å². The van der Waals surface area contributed by atoms with E-state index in [4.69, 9.17) is 10.5 Å². The molecule has 6 heteroatoms. The van der Waals surface area contributed by atoms with Crippen molar-refractivity contribution in [1.29, 1.82) is 0 Å². The average Bonchev–Trinajstić information content (AvgIpc) is 3.08. The van der Waals surface area contributed by atoms with E-state index in [0.29, 0.717) is 17.0 Å². The molecule has 0 aliphatic heterocycles. The Bertz CT molecular complexity index is 813. The highest BCUT2D eigenvalue weighted by Gasteiger charge is 2.12. The van der Waals surface area contributed by atoms with Crippen LogP contribution in [-0.2, 0) is 0 Å². The summed E-state index contributed by atoms with van der Waals surface area (Å²) in [6.07, 6.45) is 5.08. The molecule has 110 valence electrons. The van der Waals surface area contributed by atoms with Crippen molar-refractivity contribution in [3.05, 3.63) is 60.6 Å². The van der Waals surface area contributed by atoms with Crippen LogP contribution in [0.5, 0.6) is 5.75 Å². The Balaban J connectivity index is 2.18. The number of carbonyl (C=O) groups is 1. The number of methoxy groups -OCH3 is 1. The van der Waals surface area contributed by atoms with Gasteiger partial charge in [-0.3, -0.25) is 9.78 Å². The number of nitrogens with two attached hydrogens (primary N) is 1. The van der Waals surface area contributed by atoms with Crippen LogP contribution in [0.25, 0.3) is 16.9 Å². The summed E-state index contributed by atoms with van der Waals surface area (Å²) < 4.78 is 6.99. The summed E-state index contributed by atoms with van der Waals surface area (Å²) in [6, 6.07) is 10.7. The smallest absolute Gasteiger partial charge is 0.248 e. The third kappa shape index (κ3) is 2.54. The zero-order chi connectivity index (χ0) is 15.5. The number of benzene rings is 1. The van der Waals surface area contributed by atoms with E-state index in [2.05, 4.69) is 10.1 Å². The molecular weight excluding hydrogens is 280 g/mol. The lowest BCUT2D eigenvalue weighted by Gasteiger charge is -2.11. The van der Waals surface area contributed by atoms with Gasteiger partial charge in [-0.2, -0.15) is 5.10 Å². The van der Waals surface area contributed by atoms with Crippen LogP contribution in [0.2, 0.25) is 0 Å². The summed E-state index contributed by atoms with van der Waals surface area (Å²) in [7, 11) is 1.60. The standard InChI is InChI=1S/C16H14N4O2/c1-22-12-3-4-13(15(10-12)20-8-2-6-19-20)14-9-11(16(17)21)5-7-18-14/h2-10H,1H3,(H2,17,21). The minimum atomic E-state index is -0.488. The van der Waals surface area contributed by atoms with E-state index in [9.17, 15) is 4.79 Å². The largest absolute Gasteiger partial charge is 0.497 e. The molecule has 3 aromatic rings. The van der Waals surface area contributed by atoms with E-state index in [1.807, 2.05) is 30.5 Å². The number of pyridine rings is 1. The van der Waals surface area contributed by atoms with Crippen molar-refractivity contribution in [2.24, 2.45) is 5.73 Å². The van der Waals surface area contributed by atoms with E-state index >= 15 is 0 Å². The third-order valence-corrected chi connectivity index (χ3v) is 3.28. The molecular formula is C16H14N4O2. The molecule has 0 saturated heterocycles. The number of amides is 1. The normalized spacial score (nSPS) is 10.4. The zero-order valence-electron chi connectivity index (χ0n) is 11.9. The molecule has 1 aromatic carbocycles. The summed E-state index contributed by atoms with van der Waals surface area (Å²) in [4.78, 5) is 15.7. The maximum Gasteiger partial charge on any atom is 0.248 e. The summed E-state index contributed by atoms with van der Waals surface area (Å²) in [5.41, 5.74) is 8.02. The molecule has 22 heavy (non-hydrogen) atoms. The van der Waals surface area contributed by atoms with Gasteiger partial charge in [0.2, 0.25) is 5.91 Å². The summed E-state index contributed by atoms with van der Waals surface area (Å²) in [5, 5.41) is 4.25. The number of hydrogen-bond donors (Lipinski definition) is 1. The molecule has 0 aliphatic carbocycles. The average molecular weight is 294 g/mol. The lowest BCUT2D eigenvalue weighted by molar-refractivity contribution is 0.1000. The number of carbonyl (C=O) groups excluding carboxylic acids is 1. The highest BCUT2D eigenvalue weighted by atomic mass is 16.5. The Hall–Kier alpha value is -3.15. The topological polar surface area (TPSA) is 83.0 Å². The van der Waals surface area contributed by atoms with Gasteiger partial charge in [0, 0.05) is 35.8 Å². The van der Waals surface area contributed by atoms with Crippen LogP contribution in [0.1, 0.15) is 10.4 Å². The first-order chi connectivity index (χ1) is 10.7. The van der Waals surface area contributed by atoms with E-state index in [0.717, 1.165) is 11.3 Å². The molecule has 0 fully saturated rings. The number of rotatable bonds is 4. The third-order valence-electron chi connectivity index (χ3n) is 3.28. The van der Waals surface area contributed by atoms with Crippen molar-refractivity contribution in [2.75, 3.05) is 7.11 Å². The highest BCUT2D eigenvalue weighted by molar-refractivity contribution is 5.94. The van der Waals surface area contributed by atoms with Crippen LogP contribution >= 0.6 is 0 Å². The van der Waals surface area contributed by atoms with Crippen molar-refractivity contribution >= 4 is 5.91 Å². The van der Waals surface area contributed by atoms with Crippen LogP contribution in [0, 0.1) is 0 Å². The first kappa shape index (κ1) is 13.8. The van der Waals surface area contributed by atoms with Crippen LogP contribution in [0.15, 0.2) is 55.0 Å². The lowest BCUT2D eigenvalue weighted by atomic mass is 10.1. The number of primary amides is 1. The second-order valence-electron chi connectivity index (χ2n) is 4.63. The van der Waals surface area contributed by atoms with E-state index in [1.54, 1.807) is 36.3 Å². The molecule has 2 aromatic heterocycles. The van der Waals surface area contributed by atoms with Gasteiger partial charge in [-0.05, 0) is 30.3 Å². The van der Waals surface area contributed by atoms with Gasteiger partial charge in [-0.25, -0.2) is 4.68 Å². The molecule has 0 spiro atoms. The molecule has 2 N–H and O–H groups in total. The van der Waals surface area contributed by atoms with Gasteiger partial charge in [-0.15, -0.1) is 0 Å². The van der Waals surface area contributed by atoms with E-state index in [1.165, 1.54) is 0 Å². The maximum absolute atomic E-state index is 11.4. The molecule has 0 atom stereocenters. The van der Waals surface area contributed by atoms with Gasteiger partial charge in [-0.1, -0.05) is 0 Å². The van der Waals surface area contributed by atoms with Gasteiger partial charge in [0.15, 0.2) is 0 Å². The van der Waals surface area contributed by atoms with Gasteiger partial charge in [0.05, 0.1) is 18.5 Å². The fourth-order valence-electron chi connectivity index (χ4n) is 2.19. The van der Waals surface area contributed by atoms with Crippen LogP contribution in [-0.4, -0.2) is 27.8 Å². The van der Waals surface area contributed by atoms with Crippen molar-refractivity contribution in [3.8, 4) is 22.7 Å². The Kier molecular flexibility index (Phi) is 3.57. The minimum Gasteiger partial charge on any atom is -0.497 e. The highest BCUT2D eigenvalue weighted by Crippen LogP contribution is 2.29. The Morgan fingerprint density at radius 3 is 2.77 bits per heavy atom. The van der Waals surface area contributed by atoms with E-state index in [-0.39, 0.29) is 0 Å². The number of hydrogen-bond acceptors (Lipinski definition) is 4. The van der Waals surface area contributed by atoms with Crippen molar-refractivity contribution in [3.63, 3.8) is 0 Å². The molecule has 6 nitrogen and oxygen atoms in total. The molecule has 1 amide bonds. The molecule has 0 saturated carbocycles. The van der Waals surface area contributed by atoms with Crippen molar-refractivity contribution in [2.45, 2.75) is 0 Å². The summed E-state index contributed by atoms with van der Waals surface area (Å²) in [6.45, 7) is 0. The minimum absolute atomic E-state index is 0.409. The lowest BCUT2D eigenvalue weighted by Crippen LogP contribution is -2.11. The second kappa shape index (κ2) is 5.69. The van der Waals surface area contributed by atoms with Crippen LogP contribution in [0.4, 0.5) is 0 Å². The molecule has 0 aliphatic rings. The van der Waals surface area contributed by atoms with Crippen molar-refractivity contribution in [1.82, 2.24) is 14.8 Å². The predicted octanol–water partition coefficient (Wildman–Crippen LogP) is 2.04. The second-order valence-corrected chi connectivity index (χ2v) is 4.63. The van der Waals surface area contributed by atoms with Crippen LogP contribution < -0.4 is 10.5 Å². The monoisotopic (exact) mass is 294 g/mol. The first-order valence-electron chi connectivity index (χ1n) is 6.63. The molecule has 0 bridgehead atoms. The number of ether oxygens (including phenoxy) is 1. The predicted molar refractivity (Wildman–Crippen MR) is 81.9 cm³/mol. The maximum atomic E-state index is 11.4. The first-order valence-corrected chi connectivity index (χ1v) is 6.63. The van der Waals surface area contributed by atoms with Gasteiger partial charge in [0.25, 0.3) is 0 Å². The Morgan fingerprint density at radius 2 is 2.09 bits per heavy atom. The molecule has 2 heterocycles. The van der Waals surface area contributed by atoms with Gasteiger partial charge in [0.1, 0.15) is 5.75 Å². The SMILES string of the molecule is COc1ccc(-c2cc(C(N)=O)ccn2)c(-n2cccn2)c1. The number of aromatic nitrogens is 3.